The van der Waals surface area contributed by atoms with E-state index in [4.69, 9.17) is 9.47 Å². The third kappa shape index (κ3) is 5.46. The van der Waals surface area contributed by atoms with Gasteiger partial charge in [0.2, 0.25) is 0 Å². The molecule has 6 heteroatoms. The van der Waals surface area contributed by atoms with Gasteiger partial charge in [-0.15, -0.1) is 0 Å². The van der Waals surface area contributed by atoms with E-state index in [0.717, 1.165) is 12.8 Å². The van der Waals surface area contributed by atoms with Gasteiger partial charge in [0, 0.05) is 25.4 Å². The zero-order valence-corrected chi connectivity index (χ0v) is 15.4. The van der Waals surface area contributed by atoms with Crippen molar-refractivity contribution in [2.75, 3.05) is 24.7 Å². The second kappa shape index (κ2) is 7.62. The van der Waals surface area contributed by atoms with Crippen LogP contribution >= 0.6 is 15.9 Å². The minimum absolute atomic E-state index is 0.329. The summed E-state index contributed by atoms with van der Waals surface area (Å²) >= 11 is 3.18. The summed E-state index contributed by atoms with van der Waals surface area (Å²) in [6.07, 6.45) is 1.39. The van der Waals surface area contributed by atoms with Gasteiger partial charge in [-0.3, -0.25) is 4.90 Å². The number of hydrogen-bond acceptors (Lipinski definition) is 3. The summed E-state index contributed by atoms with van der Waals surface area (Å²) in [5, 5.41) is 0. The highest BCUT2D eigenvalue weighted by molar-refractivity contribution is 9.10. The van der Waals surface area contributed by atoms with Gasteiger partial charge in [-0.05, 0) is 73.7 Å². The average molecular weight is 388 g/mol. The number of halogens is 2. The predicted octanol–water partition coefficient (Wildman–Crippen LogP) is 4.76. The molecule has 4 nitrogen and oxygen atoms in total. The Hall–Kier alpha value is -1.14. The van der Waals surface area contributed by atoms with Crippen molar-refractivity contribution < 1.29 is 18.7 Å². The number of nitrogens with zero attached hydrogens (tertiary/aromatic N) is 1. The van der Waals surface area contributed by atoms with E-state index in [-0.39, 0.29) is 5.82 Å². The number of carbonyl (C=O) groups is 1. The van der Waals surface area contributed by atoms with E-state index in [1.54, 1.807) is 17.0 Å². The lowest BCUT2D eigenvalue weighted by atomic mass is 9.99. The van der Waals surface area contributed by atoms with Crippen LogP contribution in [0.2, 0.25) is 0 Å². The zero-order chi connectivity index (χ0) is 17.0. The van der Waals surface area contributed by atoms with Crippen LogP contribution in [0.15, 0.2) is 22.7 Å². The van der Waals surface area contributed by atoms with Crippen molar-refractivity contribution >= 4 is 27.7 Å². The molecule has 0 radical (unpaired) electrons. The number of anilines is 1. The minimum atomic E-state index is -0.581. The molecule has 1 heterocycles. The maximum Gasteiger partial charge on any atom is 0.414 e. The van der Waals surface area contributed by atoms with Gasteiger partial charge in [0.15, 0.2) is 0 Å². The number of carbonyl (C=O) groups excluding carboxylic acids is 1. The predicted molar refractivity (Wildman–Crippen MR) is 91.2 cm³/mol. The van der Waals surface area contributed by atoms with Crippen molar-refractivity contribution in [3.05, 3.63) is 28.5 Å². The highest BCUT2D eigenvalue weighted by Crippen LogP contribution is 2.27. The summed E-state index contributed by atoms with van der Waals surface area (Å²) in [5.41, 5.74) is 0.0430. The molecule has 0 atom stereocenters. The second-order valence-corrected chi connectivity index (χ2v) is 7.60. The highest BCUT2D eigenvalue weighted by atomic mass is 79.9. The van der Waals surface area contributed by atoms with E-state index < -0.39 is 11.7 Å². The van der Waals surface area contributed by atoms with E-state index >= 15 is 0 Å². The molecule has 128 valence electrons. The number of ether oxygens (including phenoxy) is 2. The molecule has 0 saturated carbocycles. The van der Waals surface area contributed by atoms with Crippen LogP contribution in [0.4, 0.5) is 14.9 Å². The van der Waals surface area contributed by atoms with Gasteiger partial charge in [-0.2, -0.15) is 0 Å². The molecular weight excluding hydrogens is 365 g/mol. The van der Waals surface area contributed by atoms with Gasteiger partial charge in [-0.1, -0.05) is 0 Å². The summed E-state index contributed by atoms with van der Waals surface area (Å²) in [4.78, 5) is 14.2. The monoisotopic (exact) mass is 387 g/mol. The number of hydrogen-bond donors (Lipinski definition) is 0. The first kappa shape index (κ1) is 18.2. The van der Waals surface area contributed by atoms with E-state index in [9.17, 15) is 9.18 Å². The molecule has 0 N–H and O–H groups in total. The van der Waals surface area contributed by atoms with E-state index in [1.807, 2.05) is 20.8 Å². The van der Waals surface area contributed by atoms with Crippen LogP contribution in [0, 0.1) is 11.7 Å². The molecule has 1 saturated heterocycles. The van der Waals surface area contributed by atoms with Gasteiger partial charge >= 0.3 is 6.09 Å². The van der Waals surface area contributed by atoms with Gasteiger partial charge in [0.25, 0.3) is 0 Å². The number of amides is 1. The highest BCUT2D eigenvalue weighted by Gasteiger charge is 2.27. The molecule has 0 unspecified atom stereocenters. The van der Waals surface area contributed by atoms with Crippen molar-refractivity contribution in [2.45, 2.75) is 39.2 Å². The Morgan fingerprint density at radius 3 is 2.61 bits per heavy atom. The van der Waals surface area contributed by atoms with Crippen molar-refractivity contribution in [2.24, 2.45) is 5.92 Å². The summed E-state index contributed by atoms with van der Waals surface area (Å²) in [7, 11) is 0. The number of rotatable bonds is 3. The molecule has 1 aliphatic rings. The maximum absolute atomic E-state index is 13.5. The van der Waals surface area contributed by atoms with Crippen molar-refractivity contribution in [3.8, 4) is 0 Å². The van der Waals surface area contributed by atoms with E-state index in [0.29, 0.717) is 35.8 Å². The molecule has 1 aliphatic heterocycles. The minimum Gasteiger partial charge on any atom is -0.443 e. The lowest BCUT2D eigenvalue weighted by molar-refractivity contribution is 0.0515. The average Bonchev–Trinajstić information content (AvgIpc) is 2.47. The molecule has 0 aromatic heterocycles. The molecule has 1 amide bonds. The Kier molecular flexibility index (Phi) is 6.03. The third-order valence-electron chi connectivity index (χ3n) is 3.61. The third-order valence-corrected chi connectivity index (χ3v) is 4.22. The largest absolute Gasteiger partial charge is 0.443 e. The van der Waals surface area contributed by atoms with Crippen LogP contribution in [0.1, 0.15) is 33.6 Å². The van der Waals surface area contributed by atoms with Gasteiger partial charge < -0.3 is 9.47 Å². The molecule has 0 aliphatic carbocycles. The summed E-state index contributed by atoms with van der Waals surface area (Å²) in [6, 6.07) is 4.56. The van der Waals surface area contributed by atoms with Gasteiger partial charge in [-0.25, -0.2) is 9.18 Å². The fourth-order valence-corrected chi connectivity index (χ4v) is 2.81. The van der Waals surface area contributed by atoms with Crippen molar-refractivity contribution in [1.82, 2.24) is 0 Å². The quantitative estimate of drug-likeness (QED) is 0.750. The Morgan fingerprint density at radius 1 is 1.39 bits per heavy atom. The lowest BCUT2D eigenvalue weighted by Gasteiger charge is -2.31. The first-order chi connectivity index (χ1) is 10.8. The van der Waals surface area contributed by atoms with E-state index in [2.05, 4.69) is 15.9 Å². The zero-order valence-electron chi connectivity index (χ0n) is 13.8. The maximum atomic E-state index is 13.5. The van der Waals surface area contributed by atoms with Crippen LogP contribution in [-0.2, 0) is 9.47 Å². The van der Waals surface area contributed by atoms with Crippen LogP contribution in [0.5, 0.6) is 0 Å². The fraction of sp³-hybridized carbons (Fsp3) is 0.588. The Morgan fingerprint density at radius 2 is 2.04 bits per heavy atom. The lowest BCUT2D eigenvalue weighted by Crippen LogP contribution is -2.40. The van der Waals surface area contributed by atoms with Crippen molar-refractivity contribution in [1.29, 1.82) is 0 Å². The van der Waals surface area contributed by atoms with Gasteiger partial charge in [0.05, 0.1) is 4.47 Å². The molecular formula is C17H23BrFNO3. The normalized spacial score (nSPS) is 16.2. The second-order valence-electron chi connectivity index (χ2n) is 6.75. The Bertz CT molecular complexity index is 553. The molecule has 1 fully saturated rings. The number of benzene rings is 1. The summed E-state index contributed by atoms with van der Waals surface area (Å²) in [6.45, 7) is 7.45. The smallest absolute Gasteiger partial charge is 0.414 e. The molecule has 23 heavy (non-hydrogen) atoms. The topological polar surface area (TPSA) is 38.8 Å². The van der Waals surface area contributed by atoms with E-state index in [1.165, 1.54) is 6.07 Å². The Labute approximate surface area is 145 Å². The molecule has 1 aromatic carbocycles. The van der Waals surface area contributed by atoms with Crippen LogP contribution in [0.3, 0.4) is 0 Å². The molecule has 0 spiro atoms. The molecule has 2 rings (SSSR count). The SMILES string of the molecule is CC(C)(C)OC(=O)N(CC1CCOCC1)c1ccc(F)c(Br)c1. The standard InChI is InChI=1S/C17H23BrFNO3/c1-17(2,3)23-16(21)20(11-12-6-8-22-9-7-12)13-4-5-15(19)14(18)10-13/h4-5,10,12H,6-9,11H2,1-3H3. The summed E-state index contributed by atoms with van der Waals surface area (Å²) in [5.74, 6) is -0.0101. The Balaban J connectivity index is 2.22. The van der Waals surface area contributed by atoms with Crippen LogP contribution < -0.4 is 4.90 Å². The van der Waals surface area contributed by atoms with Crippen molar-refractivity contribution in [3.63, 3.8) is 0 Å². The first-order valence-electron chi connectivity index (χ1n) is 7.79. The van der Waals surface area contributed by atoms with Gasteiger partial charge in [0.1, 0.15) is 11.4 Å². The fourth-order valence-electron chi connectivity index (χ4n) is 2.44. The molecule has 1 aromatic rings. The van der Waals surface area contributed by atoms with Crippen LogP contribution in [-0.4, -0.2) is 31.5 Å². The molecule has 0 bridgehead atoms. The summed E-state index contributed by atoms with van der Waals surface area (Å²) < 4.78 is 24.7. The first-order valence-corrected chi connectivity index (χ1v) is 8.59. The van der Waals surface area contributed by atoms with Crippen LogP contribution in [0.25, 0.3) is 0 Å².